The van der Waals surface area contributed by atoms with Crippen molar-refractivity contribution in [2.24, 2.45) is 5.41 Å². The number of carbonyl (C=O) groups excluding carboxylic acids is 2. The van der Waals surface area contributed by atoms with Crippen LogP contribution in [0.1, 0.15) is 55.6 Å². The second-order valence-corrected chi connectivity index (χ2v) is 10.2. The number of aliphatic hydroxyl groups is 1. The minimum absolute atomic E-state index is 0.0654. The molecule has 0 aromatic heterocycles. The zero-order valence-corrected chi connectivity index (χ0v) is 19.5. The van der Waals surface area contributed by atoms with Gasteiger partial charge in [0.15, 0.2) is 0 Å². The molecule has 2 aromatic carbocycles. The summed E-state index contributed by atoms with van der Waals surface area (Å²) in [7, 11) is 0. The molecule has 184 valence electrons. The van der Waals surface area contributed by atoms with E-state index in [0.717, 1.165) is 41.5 Å². The van der Waals surface area contributed by atoms with Gasteiger partial charge in [0.05, 0.1) is 12.5 Å². The van der Waals surface area contributed by atoms with Crippen LogP contribution in [0.2, 0.25) is 0 Å². The van der Waals surface area contributed by atoms with Gasteiger partial charge in [0.25, 0.3) is 0 Å². The number of amides is 2. The van der Waals surface area contributed by atoms with Crippen LogP contribution < -0.4 is 10.6 Å². The van der Waals surface area contributed by atoms with E-state index >= 15 is 0 Å². The number of fused-ring (bicyclic) bond motifs is 3. The summed E-state index contributed by atoms with van der Waals surface area (Å²) in [6.45, 7) is -0.0204. The van der Waals surface area contributed by atoms with Gasteiger partial charge in [-0.2, -0.15) is 0 Å². The Morgan fingerprint density at radius 1 is 1.00 bits per heavy atom. The number of carboxylic acid groups (broad SMARTS) is 1. The van der Waals surface area contributed by atoms with Gasteiger partial charge in [0.2, 0.25) is 5.91 Å². The third kappa shape index (κ3) is 4.38. The molecule has 8 nitrogen and oxygen atoms in total. The normalized spacial score (nSPS) is 19.5. The molecule has 8 heteroatoms. The van der Waals surface area contributed by atoms with E-state index in [4.69, 9.17) is 4.74 Å². The van der Waals surface area contributed by atoms with Gasteiger partial charge >= 0.3 is 12.1 Å². The molecule has 1 unspecified atom stereocenters. The van der Waals surface area contributed by atoms with Crippen molar-refractivity contribution in [3.8, 4) is 11.1 Å². The molecule has 0 aliphatic heterocycles. The maximum atomic E-state index is 12.4. The molecule has 2 aromatic rings. The first kappa shape index (κ1) is 23.4. The molecule has 4 N–H and O–H groups in total. The molecule has 1 spiro atoms. The van der Waals surface area contributed by atoms with E-state index < -0.39 is 29.6 Å². The van der Waals surface area contributed by atoms with E-state index in [0.29, 0.717) is 12.8 Å². The van der Waals surface area contributed by atoms with Gasteiger partial charge in [-0.25, -0.2) is 9.59 Å². The van der Waals surface area contributed by atoms with Gasteiger partial charge in [-0.15, -0.1) is 0 Å². The maximum Gasteiger partial charge on any atom is 0.407 e. The number of aliphatic carboxylic acids is 1. The predicted octanol–water partition coefficient (Wildman–Crippen LogP) is 3.18. The molecule has 0 heterocycles. The Kier molecular flexibility index (Phi) is 6.01. The molecule has 2 fully saturated rings. The number of carboxylic acids is 1. The SMILES string of the molecule is O=C(CC(O)CNC(=O)OCC1c2ccccc2-c2ccccc21)NC1(C(=O)O)CC2(CCC2)C1. The number of carbonyl (C=O) groups is 3. The topological polar surface area (TPSA) is 125 Å². The van der Waals surface area contributed by atoms with Crippen LogP contribution in [0.25, 0.3) is 11.1 Å². The molecule has 3 aliphatic rings. The zero-order valence-electron chi connectivity index (χ0n) is 19.5. The van der Waals surface area contributed by atoms with Crippen LogP contribution in [0.15, 0.2) is 48.5 Å². The van der Waals surface area contributed by atoms with Crippen LogP contribution in [0, 0.1) is 5.41 Å². The number of aliphatic hydroxyl groups excluding tert-OH is 1. The summed E-state index contributed by atoms with van der Waals surface area (Å²) < 4.78 is 5.44. The Morgan fingerprint density at radius 3 is 2.14 bits per heavy atom. The van der Waals surface area contributed by atoms with E-state index in [1.807, 2.05) is 36.4 Å². The smallest absolute Gasteiger partial charge is 0.407 e. The fourth-order valence-corrected chi connectivity index (χ4v) is 6.01. The highest BCUT2D eigenvalue weighted by molar-refractivity contribution is 5.88. The molecular formula is C27H30N2O6. The van der Waals surface area contributed by atoms with Crippen molar-refractivity contribution in [2.75, 3.05) is 13.2 Å². The predicted molar refractivity (Wildman–Crippen MR) is 128 cm³/mol. The highest BCUT2D eigenvalue weighted by Gasteiger charge is 2.61. The molecule has 0 bridgehead atoms. The van der Waals surface area contributed by atoms with Crippen molar-refractivity contribution in [1.82, 2.24) is 10.6 Å². The van der Waals surface area contributed by atoms with Crippen molar-refractivity contribution in [3.05, 3.63) is 59.7 Å². The molecule has 3 aliphatic carbocycles. The third-order valence-corrected chi connectivity index (χ3v) is 7.80. The highest BCUT2D eigenvalue weighted by atomic mass is 16.5. The van der Waals surface area contributed by atoms with Gasteiger partial charge < -0.3 is 25.6 Å². The van der Waals surface area contributed by atoms with Crippen LogP contribution in [0.5, 0.6) is 0 Å². The minimum Gasteiger partial charge on any atom is -0.480 e. The average molecular weight is 479 g/mol. The Bertz CT molecular complexity index is 1100. The van der Waals surface area contributed by atoms with Crippen LogP contribution in [0.3, 0.4) is 0 Å². The minimum atomic E-state index is -1.24. The third-order valence-electron chi connectivity index (χ3n) is 7.80. The number of nitrogens with one attached hydrogen (secondary N) is 2. The van der Waals surface area contributed by atoms with E-state index in [9.17, 15) is 24.6 Å². The number of hydrogen-bond acceptors (Lipinski definition) is 5. The summed E-state index contributed by atoms with van der Waals surface area (Å²) in [6.07, 6.45) is 1.85. The van der Waals surface area contributed by atoms with Crippen molar-refractivity contribution < 1.29 is 29.3 Å². The fourth-order valence-electron chi connectivity index (χ4n) is 6.01. The summed E-state index contributed by atoms with van der Waals surface area (Å²) in [5, 5.41) is 24.9. The van der Waals surface area contributed by atoms with E-state index in [1.54, 1.807) is 0 Å². The summed E-state index contributed by atoms with van der Waals surface area (Å²) in [4.78, 5) is 36.4. The number of rotatable bonds is 8. The highest BCUT2D eigenvalue weighted by Crippen LogP contribution is 2.60. The summed E-state index contributed by atoms with van der Waals surface area (Å²) >= 11 is 0. The Balaban J connectivity index is 1.08. The second-order valence-electron chi connectivity index (χ2n) is 10.2. The molecule has 2 saturated carbocycles. The van der Waals surface area contributed by atoms with Crippen molar-refractivity contribution in [2.45, 2.75) is 56.1 Å². The zero-order chi connectivity index (χ0) is 24.6. The lowest BCUT2D eigenvalue weighted by Crippen LogP contribution is -2.68. The summed E-state index contributed by atoms with van der Waals surface area (Å²) in [5.74, 6) is -1.64. The lowest BCUT2D eigenvalue weighted by atomic mass is 9.48. The van der Waals surface area contributed by atoms with E-state index in [1.165, 1.54) is 0 Å². The molecular weight excluding hydrogens is 448 g/mol. The molecule has 1 atom stereocenters. The van der Waals surface area contributed by atoms with Gasteiger partial charge in [0.1, 0.15) is 12.1 Å². The summed E-state index contributed by atoms with van der Waals surface area (Å²) in [5.41, 5.74) is 3.29. The standard InChI is InChI=1S/C27H30N2O6/c30-17(12-23(31)29-27(24(32)33)15-26(16-27)10-5-11-26)13-28-25(34)35-14-22-20-8-3-1-6-18(20)19-7-2-4-9-21(19)22/h1-4,6-9,17,22,30H,5,10-16H2,(H,28,34)(H,29,31)(H,32,33). The van der Waals surface area contributed by atoms with Crippen molar-refractivity contribution in [3.63, 3.8) is 0 Å². The monoisotopic (exact) mass is 478 g/mol. The van der Waals surface area contributed by atoms with Crippen LogP contribution in [0.4, 0.5) is 4.79 Å². The number of alkyl carbamates (subject to hydrolysis) is 1. The number of benzene rings is 2. The molecule has 5 rings (SSSR count). The quantitative estimate of drug-likeness (QED) is 0.462. The Hall–Kier alpha value is -3.39. The molecule has 2 amide bonds. The average Bonchev–Trinajstić information content (AvgIpc) is 3.10. The van der Waals surface area contributed by atoms with Crippen LogP contribution >= 0.6 is 0 Å². The van der Waals surface area contributed by atoms with Gasteiger partial charge in [-0.05, 0) is 53.4 Å². The van der Waals surface area contributed by atoms with Crippen molar-refractivity contribution in [1.29, 1.82) is 0 Å². The Morgan fingerprint density at radius 2 is 1.60 bits per heavy atom. The van der Waals surface area contributed by atoms with E-state index in [2.05, 4.69) is 22.8 Å². The maximum absolute atomic E-state index is 12.4. The van der Waals surface area contributed by atoms with Crippen molar-refractivity contribution >= 4 is 18.0 Å². The molecule has 35 heavy (non-hydrogen) atoms. The first-order valence-corrected chi connectivity index (χ1v) is 12.1. The number of ether oxygens (including phenoxy) is 1. The molecule has 0 radical (unpaired) electrons. The van der Waals surface area contributed by atoms with Gasteiger partial charge in [-0.3, -0.25) is 4.79 Å². The van der Waals surface area contributed by atoms with Crippen LogP contribution in [-0.4, -0.2) is 53.0 Å². The lowest BCUT2D eigenvalue weighted by Gasteiger charge is -2.59. The van der Waals surface area contributed by atoms with Gasteiger partial charge in [-0.1, -0.05) is 55.0 Å². The fraction of sp³-hybridized carbons (Fsp3) is 0.444. The van der Waals surface area contributed by atoms with Gasteiger partial charge in [0, 0.05) is 12.5 Å². The first-order chi connectivity index (χ1) is 16.8. The van der Waals surface area contributed by atoms with E-state index in [-0.39, 0.29) is 30.9 Å². The second kappa shape index (κ2) is 9.00. The first-order valence-electron chi connectivity index (χ1n) is 12.1. The largest absolute Gasteiger partial charge is 0.480 e. The van der Waals surface area contributed by atoms with Crippen LogP contribution in [-0.2, 0) is 14.3 Å². The Labute approximate surface area is 203 Å². The lowest BCUT2D eigenvalue weighted by molar-refractivity contribution is -0.166. The number of hydrogen-bond donors (Lipinski definition) is 4. The summed E-state index contributed by atoms with van der Waals surface area (Å²) in [6, 6.07) is 16.1. The molecule has 0 saturated heterocycles.